The Morgan fingerprint density at radius 3 is 2.48 bits per heavy atom. The number of aromatic nitrogens is 5. The molecule has 0 fully saturated rings. The van der Waals surface area contributed by atoms with Gasteiger partial charge in [0.25, 0.3) is 5.82 Å². The van der Waals surface area contributed by atoms with E-state index in [1.807, 2.05) is 22.6 Å². The van der Waals surface area contributed by atoms with Crippen molar-refractivity contribution in [3.8, 4) is 11.6 Å². The maximum atomic E-state index is 13.0. The number of hydrogen-bond donors (Lipinski definition) is 0. The van der Waals surface area contributed by atoms with Crippen molar-refractivity contribution in [3.63, 3.8) is 0 Å². The minimum absolute atomic E-state index is 0.0444. The molecule has 6 nitrogen and oxygen atoms in total. The predicted molar refractivity (Wildman–Crippen MR) is 82.3 cm³/mol. The van der Waals surface area contributed by atoms with Crippen molar-refractivity contribution in [2.45, 2.75) is 20.0 Å². The van der Waals surface area contributed by atoms with Crippen molar-refractivity contribution in [3.05, 3.63) is 39.0 Å². The molecule has 120 valence electrons. The van der Waals surface area contributed by atoms with Crippen LogP contribution in [-0.2, 0) is 6.18 Å². The van der Waals surface area contributed by atoms with Gasteiger partial charge in [0.1, 0.15) is 9.45 Å². The third kappa shape index (κ3) is 2.94. The first kappa shape index (κ1) is 15.9. The number of hydrogen-bond acceptors (Lipinski definition) is 5. The molecule has 0 unspecified atom stereocenters. The lowest BCUT2D eigenvalue weighted by Gasteiger charge is -2.11. The first-order valence-corrected chi connectivity index (χ1v) is 7.44. The molecule has 0 atom stereocenters. The Labute approximate surface area is 141 Å². The Morgan fingerprint density at radius 2 is 1.87 bits per heavy atom. The molecule has 0 amide bonds. The summed E-state index contributed by atoms with van der Waals surface area (Å²) in [4.78, 5) is 4.06. The maximum absolute atomic E-state index is 13.0. The van der Waals surface area contributed by atoms with Crippen LogP contribution in [0.4, 0.5) is 13.2 Å². The number of fused-ring (bicyclic) bond motifs is 1. The second kappa shape index (κ2) is 5.58. The van der Waals surface area contributed by atoms with E-state index in [4.69, 9.17) is 4.74 Å². The van der Waals surface area contributed by atoms with Gasteiger partial charge in [-0.3, -0.25) is 0 Å². The van der Waals surface area contributed by atoms with Crippen molar-refractivity contribution in [1.29, 1.82) is 0 Å². The summed E-state index contributed by atoms with van der Waals surface area (Å²) in [5.41, 5.74) is 1.14. The van der Waals surface area contributed by atoms with Crippen LogP contribution in [0.25, 0.3) is 5.65 Å². The van der Waals surface area contributed by atoms with Gasteiger partial charge in [0.2, 0.25) is 5.88 Å². The van der Waals surface area contributed by atoms with Crippen LogP contribution < -0.4 is 4.74 Å². The standard InChI is InChI=1S/C13H9F3IN5O/c1-6-7(2)11(23-8-3-4-9(17)18-5-8)21-22-10(6)19-20-12(22)13(14,15)16/h3-5H,1-2H3. The summed E-state index contributed by atoms with van der Waals surface area (Å²) in [6.45, 7) is 3.33. The van der Waals surface area contributed by atoms with Crippen LogP contribution in [0.3, 0.4) is 0 Å². The van der Waals surface area contributed by atoms with E-state index in [2.05, 4.69) is 20.3 Å². The van der Waals surface area contributed by atoms with Gasteiger partial charge in [-0.2, -0.15) is 17.7 Å². The van der Waals surface area contributed by atoms with Crippen LogP contribution in [0.15, 0.2) is 18.3 Å². The molecule has 0 N–H and O–H groups in total. The van der Waals surface area contributed by atoms with Crippen molar-refractivity contribution < 1.29 is 17.9 Å². The van der Waals surface area contributed by atoms with Crippen LogP contribution >= 0.6 is 22.6 Å². The summed E-state index contributed by atoms with van der Waals surface area (Å²) in [7, 11) is 0. The summed E-state index contributed by atoms with van der Waals surface area (Å²) in [6.07, 6.45) is -3.19. The van der Waals surface area contributed by atoms with Crippen molar-refractivity contribution in [2.24, 2.45) is 0 Å². The summed E-state index contributed by atoms with van der Waals surface area (Å²) >= 11 is 2.04. The minimum atomic E-state index is -4.66. The molecule has 0 bridgehead atoms. The normalized spacial score (nSPS) is 11.9. The zero-order valence-electron chi connectivity index (χ0n) is 11.9. The number of aryl methyl sites for hydroxylation is 1. The van der Waals surface area contributed by atoms with Crippen molar-refractivity contribution >= 4 is 28.2 Å². The van der Waals surface area contributed by atoms with E-state index in [1.165, 1.54) is 6.20 Å². The average Bonchev–Trinajstić information content (AvgIpc) is 2.91. The van der Waals surface area contributed by atoms with Gasteiger partial charge in [0, 0.05) is 11.1 Å². The number of nitrogens with zero attached hydrogens (tertiary/aromatic N) is 5. The highest BCUT2D eigenvalue weighted by molar-refractivity contribution is 14.1. The molecule has 0 spiro atoms. The molecular weight excluding hydrogens is 426 g/mol. The number of ether oxygens (including phenoxy) is 1. The first-order valence-electron chi connectivity index (χ1n) is 6.36. The molecule has 23 heavy (non-hydrogen) atoms. The van der Waals surface area contributed by atoms with Gasteiger partial charge in [-0.15, -0.1) is 15.3 Å². The van der Waals surface area contributed by atoms with Crippen LogP contribution in [0.2, 0.25) is 0 Å². The largest absolute Gasteiger partial charge is 0.453 e. The molecule has 3 aromatic rings. The van der Waals surface area contributed by atoms with E-state index >= 15 is 0 Å². The number of halogens is 4. The van der Waals surface area contributed by atoms with Crippen LogP contribution in [0, 0.1) is 17.5 Å². The van der Waals surface area contributed by atoms with E-state index < -0.39 is 12.0 Å². The quantitative estimate of drug-likeness (QED) is 0.455. The first-order chi connectivity index (χ1) is 10.8. The Balaban J connectivity index is 2.13. The van der Waals surface area contributed by atoms with Crippen molar-refractivity contribution in [2.75, 3.05) is 0 Å². The van der Waals surface area contributed by atoms with E-state index in [0.717, 1.165) is 3.70 Å². The van der Waals surface area contributed by atoms with E-state index in [1.54, 1.807) is 26.0 Å². The molecule has 0 aliphatic rings. The lowest BCUT2D eigenvalue weighted by molar-refractivity contribution is -0.146. The monoisotopic (exact) mass is 435 g/mol. The van der Waals surface area contributed by atoms with Gasteiger partial charge in [-0.1, -0.05) is 0 Å². The predicted octanol–water partition coefficient (Wildman–Crippen LogP) is 3.55. The fourth-order valence-corrected chi connectivity index (χ4v) is 2.23. The molecule has 0 aliphatic heterocycles. The SMILES string of the molecule is Cc1c(Oc2ccc(I)nc2)nn2c(C(F)(F)F)nnc2c1C. The molecular formula is C13H9F3IN5O. The molecule has 0 aromatic carbocycles. The smallest absolute Gasteiger partial charge is 0.436 e. The second-order valence-electron chi connectivity index (χ2n) is 4.73. The topological polar surface area (TPSA) is 65.2 Å². The molecule has 3 rings (SSSR count). The lowest BCUT2D eigenvalue weighted by atomic mass is 10.2. The highest BCUT2D eigenvalue weighted by Gasteiger charge is 2.38. The van der Waals surface area contributed by atoms with Gasteiger partial charge < -0.3 is 4.74 Å². The molecule has 0 saturated heterocycles. The highest BCUT2D eigenvalue weighted by Crippen LogP contribution is 2.31. The summed E-state index contributed by atoms with van der Waals surface area (Å²) in [5, 5.41) is 10.7. The number of pyridine rings is 1. The third-order valence-electron chi connectivity index (χ3n) is 3.22. The molecule has 0 aliphatic carbocycles. The van der Waals surface area contributed by atoms with Gasteiger partial charge in [-0.05, 0) is 48.6 Å². The van der Waals surface area contributed by atoms with Gasteiger partial charge >= 0.3 is 6.18 Å². The highest BCUT2D eigenvalue weighted by atomic mass is 127. The van der Waals surface area contributed by atoms with Crippen LogP contribution in [0.5, 0.6) is 11.6 Å². The van der Waals surface area contributed by atoms with Crippen molar-refractivity contribution in [1.82, 2.24) is 24.8 Å². The van der Waals surface area contributed by atoms with E-state index in [9.17, 15) is 13.2 Å². The van der Waals surface area contributed by atoms with Gasteiger partial charge in [0.05, 0.1) is 6.20 Å². The Morgan fingerprint density at radius 1 is 1.13 bits per heavy atom. The summed E-state index contributed by atoms with van der Waals surface area (Å²) in [6, 6.07) is 3.38. The van der Waals surface area contributed by atoms with Gasteiger partial charge in [-0.25, -0.2) is 4.98 Å². The van der Waals surface area contributed by atoms with E-state index in [-0.39, 0.29) is 11.5 Å². The molecule has 0 radical (unpaired) electrons. The zero-order valence-corrected chi connectivity index (χ0v) is 14.0. The Hall–Kier alpha value is -1.98. The van der Waals surface area contributed by atoms with Crippen LogP contribution in [-0.4, -0.2) is 24.8 Å². The Kier molecular flexibility index (Phi) is 3.86. The molecule has 0 saturated carbocycles. The summed E-state index contributed by atoms with van der Waals surface area (Å²) in [5.74, 6) is -0.772. The minimum Gasteiger partial charge on any atom is -0.436 e. The fourth-order valence-electron chi connectivity index (χ4n) is 1.91. The zero-order chi connectivity index (χ0) is 16.8. The van der Waals surface area contributed by atoms with E-state index in [0.29, 0.717) is 21.4 Å². The number of alkyl halides is 3. The average molecular weight is 435 g/mol. The second-order valence-corrected chi connectivity index (χ2v) is 5.84. The third-order valence-corrected chi connectivity index (χ3v) is 3.86. The Bertz CT molecular complexity index is 876. The molecule has 3 aromatic heterocycles. The summed E-state index contributed by atoms with van der Waals surface area (Å²) < 4.78 is 45.9. The van der Waals surface area contributed by atoms with Crippen LogP contribution in [0.1, 0.15) is 17.0 Å². The fraction of sp³-hybridized carbons (Fsp3) is 0.231. The number of rotatable bonds is 2. The molecule has 3 heterocycles. The van der Waals surface area contributed by atoms with Gasteiger partial charge in [0.15, 0.2) is 5.65 Å². The maximum Gasteiger partial charge on any atom is 0.453 e. The lowest BCUT2D eigenvalue weighted by Crippen LogP contribution is -2.13. The molecule has 10 heteroatoms.